The van der Waals surface area contributed by atoms with Crippen LogP contribution in [0.2, 0.25) is 0 Å². The Morgan fingerprint density at radius 1 is 1.00 bits per heavy atom. The fraction of sp³-hybridized carbons (Fsp3) is 0.545. The number of hydrogen-bond donors (Lipinski definition) is 2. The second-order valence-electron chi connectivity index (χ2n) is 2.93. The molecule has 0 spiro atoms. The molecule has 0 aliphatic heterocycles. The first kappa shape index (κ1) is 14.7. The van der Waals surface area contributed by atoms with Crippen molar-refractivity contribution in [2.75, 3.05) is 39.4 Å². The zero-order valence-electron chi connectivity index (χ0n) is 9.54. The van der Waals surface area contributed by atoms with Gasteiger partial charge in [0.05, 0.1) is 0 Å². The molecule has 0 aliphatic carbocycles. The normalized spacial score (nSPS) is 9.50. The van der Waals surface area contributed by atoms with E-state index in [1.807, 2.05) is 0 Å². The molecule has 0 atom stereocenters. The minimum absolute atomic E-state index is 0.298. The van der Waals surface area contributed by atoms with Crippen LogP contribution in [0.4, 0.5) is 4.79 Å². The van der Waals surface area contributed by atoms with Crippen LogP contribution in [0.1, 0.15) is 0 Å². The van der Waals surface area contributed by atoms with E-state index in [9.17, 15) is 4.79 Å². The lowest BCUT2D eigenvalue weighted by molar-refractivity contribution is 0.0570. The molecule has 0 bridgehead atoms. The van der Waals surface area contributed by atoms with Gasteiger partial charge in [-0.2, -0.15) is 0 Å². The first-order valence-electron chi connectivity index (χ1n) is 5.24. The molecule has 0 rings (SSSR count). The summed E-state index contributed by atoms with van der Waals surface area (Å²) in [5, 5.41) is 6.00. The molecule has 16 heavy (non-hydrogen) atoms. The lowest BCUT2D eigenvalue weighted by Crippen LogP contribution is -2.24. The van der Waals surface area contributed by atoms with Crippen molar-refractivity contribution in [2.24, 2.45) is 0 Å². The summed E-state index contributed by atoms with van der Waals surface area (Å²) in [4.78, 5) is 11.0. The molecule has 0 saturated heterocycles. The highest BCUT2D eigenvalue weighted by molar-refractivity contribution is 5.59. The minimum Gasteiger partial charge on any atom is -0.433 e. The van der Waals surface area contributed by atoms with Crippen LogP contribution < -0.4 is 10.6 Å². The van der Waals surface area contributed by atoms with Gasteiger partial charge in [-0.15, -0.1) is 13.2 Å². The van der Waals surface area contributed by atoms with Crippen LogP contribution in [0.25, 0.3) is 0 Å². The van der Waals surface area contributed by atoms with E-state index >= 15 is 0 Å². The SMILES string of the molecule is C=CCNCCOC(=O)OCCNCC=C. The molecule has 2 N–H and O–H groups in total. The Morgan fingerprint density at radius 3 is 1.81 bits per heavy atom. The molecule has 0 aromatic carbocycles. The van der Waals surface area contributed by atoms with Gasteiger partial charge in [0.25, 0.3) is 0 Å². The van der Waals surface area contributed by atoms with Crippen LogP contribution >= 0.6 is 0 Å². The largest absolute Gasteiger partial charge is 0.508 e. The number of ether oxygens (including phenoxy) is 2. The highest BCUT2D eigenvalue weighted by Gasteiger charge is 2.01. The van der Waals surface area contributed by atoms with Crippen molar-refractivity contribution in [2.45, 2.75) is 0 Å². The third-order valence-electron chi connectivity index (χ3n) is 1.57. The monoisotopic (exact) mass is 228 g/mol. The van der Waals surface area contributed by atoms with Crippen LogP contribution in [-0.2, 0) is 9.47 Å². The van der Waals surface area contributed by atoms with Crippen molar-refractivity contribution in [3.63, 3.8) is 0 Å². The summed E-state index contributed by atoms with van der Waals surface area (Å²) < 4.78 is 9.58. The number of carbonyl (C=O) groups excluding carboxylic acids is 1. The minimum atomic E-state index is -0.638. The molecule has 0 fully saturated rings. The Morgan fingerprint density at radius 2 is 1.44 bits per heavy atom. The van der Waals surface area contributed by atoms with Crippen LogP contribution in [0, 0.1) is 0 Å². The van der Waals surface area contributed by atoms with Crippen molar-refractivity contribution in [3.05, 3.63) is 25.3 Å². The Labute approximate surface area is 96.5 Å². The number of carbonyl (C=O) groups is 1. The summed E-state index contributed by atoms with van der Waals surface area (Å²) in [5.41, 5.74) is 0. The molecule has 0 amide bonds. The standard InChI is InChI=1S/C11H20N2O3/c1-3-5-12-7-9-15-11(14)16-10-8-13-6-4-2/h3-4,12-13H,1-2,5-10H2. The lowest BCUT2D eigenvalue weighted by Gasteiger charge is -2.06. The number of rotatable bonds is 10. The van der Waals surface area contributed by atoms with Crippen molar-refractivity contribution >= 4 is 6.16 Å². The molecular formula is C11H20N2O3. The lowest BCUT2D eigenvalue weighted by atomic mass is 10.6. The third-order valence-corrected chi connectivity index (χ3v) is 1.57. The maximum atomic E-state index is 11.0. The molecule has 0 aromatic rings. The Kier molecular flexibility index (Phi) is 10.8. The summed E-state index contributed by atoms with van der Waals surface area (Å²) in [5.74, 6) is 0. The van der Waals surface area contributed by atoms with Gasteiger partial charge in [0.15, 0.2) is 0 Å². The van der Waals surface area contributed by atoms with Crippen molar-refractivity contribution in [1.29, 1.82) is 0 Å². The molecule has 5 heteroatoms. The molecule has 0 heterocycles. The Hall–Kier alpha value is -1.33. The maximum Gasteiger partial charge on any atom is 0.508 e. The molecule has 0 aromatic heterocycles. The van der Waals surface area contributed by atoms with Crippen LogP contribution in [0.5, 0.6) is 0 Å². The zero-order valence-corrected chi connectivity index (χ0v) is 9.54. The fourth-order valence-electron chi connectivity index (χ4n) is 0.863. The second-order valence-corrected chi connectivity index (χ2v) is 2.93. The summed E-state index contributed by atoms with van der Waals surface area (Å²) in [6.07, 6.45) is 2.84. The predicted octanol–water partition coefficient (Wildman–Crippen LogP) is 0.691. The molecule has 0 saturated carbocycles. The van der Waals surface area contributed by atoms with E-state index in [-0.39, 0.29) is 0 Å². The summed E-state index contributed by atoms with van der Waals surface area (Å²) in [6, 6.07) is 0. The molecular weight excluding hydrogens is 208 g/mol. The molecule has 5 nitrogen and oxygen atoms in total. The van der Waals surface area contributed by atoms with Crippen LogP contribution in [0.3, 0.4) is 0 Å². The molecule has 0 unspecified atom stereocenters. The average Bonchev–Trinajstić information content (AvgIpc) is 2.28. The van der Waals surface area contributed by atoms with E-state index < -0.39 is 6.16 Å². The average molecular weight is 228 g/mol. The maximum absolute atomic E-state index is 11.0. The van der Waals surface area contributed by atoms with E-state index in [0.717, 1.165) is 0 Å². The topological polar surface area (TPSA) is 59.6 Å². The number of nitrogens with one attached hydrogen (secondary N) is 2. The first-order chi connectivity index (χ1) is 7.81. The second kappa shape index (κ2) is 11.7. The Bertz CT molecular complexity index is 187. The van der Waals surface area contributed by atoms with Gasteiger partial charge in [0.2, 0.25) is 0 Å². The van der Waals surface area contributed by atoms with Crippen molar-refractivity contribution < 1.29 is 14.3 Å². The molecule has 92 valence electrons. The summed E-state index contributed by atoms with van der Waals surface area (Å²) in [6.45, 7) is 10.3. The van der Waals surface area contributed by atoms with E-state index in [4.69, 9.17) is 9.47 Å². The fourth-order valence-corrected chi connectivity index (χ4v) is 0.863. The quantitative estimate of drug-likeness (QED) is 0.327. The van der Waals surface area contributed by atoms with Gasteiger partial charge < -0.3 is 20.1 Å². The Balaban J connectivity index is 3.18. The van der Waals surface area contributed by atoms with Gasteiger partial charge in [-0.1, -0.05) is 12.2 Å². The third kappa shape index (κ3) is 10.7. The van der Waals surface area contributed by atoms with E-state index in [1.54, 1.807) is 12.2 Å². The van der Waals surface area contributed by atoms with Gasteiger partial charge in [-0.05, 0) is 0 Å². The molecule has 0 radical (unpaired) electrons. The first-order valence-corrected chi connectivity index (χ1v) is 5.24. The van der Waals surface area contributed by atoms with Gasteiger partial charge in [-0.25, -0.2) is 4.79 Å². The van der Waals surface area contributed by atoms with E-state index in [0.29, 0.717) is 39.4 Å². The van der Waals surface area contributed by atoms with Crippen LogP contribution in [-0.4, -0.2) is 45.5 Å². The number of hydrogen-bond acceptors (Lipinski definition) is 5. The van der Waals surface area contributed by atoms with Crippen molar-refractivity contribution in [1.82, 2.24) is 10.6 Å². The highest BCUT2D eigenvalue weighted by Crippen LogP contribution is 1.83. The van der Waals surface area contributed by atoms with Gasteiger partial charge in [0.1, 0.15) is 13.2 Å². The van der Waals surface area contributed by atoms with Gasteiger partial charge in [-0.3, -0.25) is 0 Å². The molecule has 0 aliphatic rings. The highest BCUT2D eigenvalue weighted by atomic mass is 16.7. The zero-order chi connectivity index (χ0) is 12.1. The van der Waals surface area contributed by atoms with Crippen molar-refractivity contribution in [3.8, 4) is 0 Å². The smallest absolute Gasteiger partial charge is 0.433 e. The van der Waals surface area contributed by atoms with Gasteiger partial charge >= 0.3 is 6.16 Å². The van der Waals surface area contributed by atoms with E-state index in [2.05, 4.69) is 23.8 Å². The predicted molar refractivity (Wildman–Crippen MR) is 63.4 cm³/mol. The summed E-state index contributed by atoms with van der Waals surface area (Å²) in [7, 11) is 0. The summed E-state index contributed by atoms with van der Waals surface area (Å²) >= 11 is 0. The van der Waals surface area contributed by atoms with Crippen LogP contribution in [0.15, 0.2) is 25.3 Å². The van der Waals surface area contributed by atoms with Gasteiger partial charge in [0, 0.05) is 26.2 Å². The van der Waals surface area contributed by atoms with E-state index in [1.165, 1.54) is 0 Å².